The first kappa shape index (κ1) is 10.3. The van der Waals surface area contributed by atoms with Crippen LogP contribution in [0.5, 0.6) is 0 Å². The summed E-state index contributed by atoms with van der Waals surface area (Å²) in [5, 5.41) is 0. The molecule has 0 amide bonds. The fraction of sp³-hybridized carbons (Fsp3) is 1.00. The van der Waals surface area contributed by atoms with Gasteiger partial charge in [-0.25, -0.2) is 8.78 Å². The summed E-state index contributed by atoms with van der Waals surface area (Å²) in [5.41, 5.74) is -0.867. The predicted octanol–water partition coefficient (Wildman–Crippen LogP) is 1.75. The number of ether oxygens (including phenoxy) is 1. The number of alkyl halides is 2. The summed E-state index contributed by atoms with van der Waals surface area (Å²) >= 11 is 0. The van der Waals surface area contributed by atoms with Gasteiger partial charge in [0.25, 0.3) is 5.92 Å². The minimum absolute atomic E-state index is 0.00319. The van der Waals surface area contributed by atoms with Crippen molar-refractivity contribution in [2.24, 2.45) is 5.41 Å². The average molecular weight is 205 g/mol. The van der Waals surface area contributed by atoms with Crippen molar-refractivity contribution < 1.29 is 13.5 Å². The number of hydrogen-bond acceptors (Lipinski definition) is 2. The second kappa shape index (κ2) is 3.14. The molecule has 1 saturated heterocycles. The lowest BCUT2D eigenvalue weighted by Crippen LogP contribution is -2.38. The molecule has 1 unspecified atom stereocenters. The molecule has 0 radical (unpaired) electrons. The molecule has 1 spiro atoms. The third-order valence-electron chi connectivity index (χ3n) is 3.35. The Labute approximate surface area is 83.2 Å². The minimum Gasteiger partial charge on any atom is -0.379 e. The van der Waals surface area contributed by atoms with Gasteiger partial charge in [-0.05, 0) is 13.8 Å². The van der Waals surface area contributed by atoms with Gasteiger partial charge in [0.2, 0.25) is 0 Å². The van der Waals surface area contributed by atoms with Crippen LogP contribution in [0.4, 0.5) is 8.78 Å². The van der Waals surface area contributed by atoms with Gasteiger partial charge >= 0.3 is 0 Å². The average Bonchev–Trinajstić information content (AvgIpc) is 2.68. The number of halogens is 2. The third-order valence-corrected chi connectivity index (χ3v) is 3.35. The van der Waals surface area contributed by atoms with Crippen molar-refractivity contribution in [1.29, 1.82) is 0 Å². The van der Waals surface area contributed by atoms with Crippen molar-refractivity contribution in [2.45, 2.75) is 32.2 Å². The van der Waals surface area contributed by atoms with Gasteiger partial charge in [0.05, 0.1) is 18.6 Å². The molecular formula is C10H17F2NO. The van der Waals surface area contributed by atoms with Crippen LogP contribution < -0.4 is 0 Å². The highest BCUT2D eigenvalue weighted by Gasteiger charge is 2.71. The van der Waals surface area contributed by atoms with Crippen LogP contribution in [0.2, 0.25) is 0 Å². The summed E-state index contributed by atoms with van der Waals surface area (Å²) in [6.07, 6.45) is 0.00319. The molecule has 1 aliphatic carbocycles. The number of nitrogens with zero attached hydrogens (tertiary/aromatic N) is 1. The Morgan fingerprint density at radius 3 is 2.50 bits per heavy atom. The molecule has 0 bridgehead atoms. The first-order chi connectivity index (χ1) is 6.47. The first-order valence-electron chi connectivity index (χ1n) is 5.16. The summed E-state index contributed by atoms with van der Waals surface area (Å²) < 4.78 is 31.6. The summed E-state index contributed by atoms with van der Waals surface area (Å²) in [6, 6.07) is 0.324. The molecular weight excluding hydrogens is 188 g/mol. The lowest BCUT2D eigenvalue weighted by atomic mass is 10.1. The zero-order valence-corrected chi connectivity index (χ0v) is 8.72. The first-order valence-corrected chi connectivity index (χ1v) is 5.16. The number of rotatable bonds is 1. The Balaban J connectivity index is 2.06. The molecule has 0 N–H and O–H groups in total. The van der Waals surface area contributed by atoms with E-state index < -0.39 is 11.3 Å². The van der Waals surface area contributed by atoms with E-state index in [1.165, 1.54) is 0 Å². The number of hydrogen-bond donors (Lipinski definition) is 0. The van der Waals surface area contributed by atoms with Crippen molar-refractivity contribution in [3.8, 4) is 0 Å². The lowest BCUT2D eigenvalue weighted by Gasteiger charge is -2.26. The van der Waals surface area contributed by atoms with Crippen molar-refractivity contribution in [1.82, 2.24) is 4.90 Å². The molecule has 82 valence electrons. The van der Waals surface area contributed by atoms with Gasteiger partial charge in [0, 0.05) is 25.6 Å². The Kier molecular flexibility index (Phi) is 2.31. The summed E-state index contributed by atoms with van der Waals surface area (Å²) in [6.45, 7) is 6.14. The van der Waals surface area contributed by atoms with E-state index in [0.29, 0.717) is 19.2 Å². The van der Waals surface area contributed by atoms with Crippen molar-refractivity contribution in [2.75, 3.05) is 26.3 Å². The largest absolute Gasteiger partial charge is 0.379 e. The van der Waals surface area contributed by atoms with Gasteiger partial charge in [-0.3, -0.25) is 4.90 Å². The van der Waals surface area contributed by atoms with Crippen LogP contribution in [0.3, 0.4) is 0 Å². The molecule has 1 atom stereocenters. The molecule has 2 nitrogen and oxygen atoms in total. The van der Waals surface area contributed by atoms with Gasteiger partial charge in [-0.15, -0.1) is 0 Å². The van der Waals surface area contributed by atoms with Crippen LogP contribution in [0.1, 0.15) is 20.3 Å². The van der Waals surface area contributed by atoms with E-state index in [1.807, 2.05) is 13.8 Å². The molecule has 1 saturated carbocycles. The van der Waals surface area contributed by atoms with Gasteiger partial charge in [0.15, 0.2) is 0 Å². The highest BCUT2D eigenvalue weighted by molar-refractivity contribution is 5.12. The topological polar surface area (TPSA) is 12.5 Å². The summed E-state index contributed by atoms with van der Waals surface area (Å²) in [5.74, 6) is -2.50. The van der Waals surface area contributed by atoms with Crippen LogP contribution in [-0.4, -0.2) is 43.2 Å². The molecule has 14 heavy (non-hydrogen) atoms. The van der Waals surface area contributed by atoms with E-state index in [0.717, 1.165) is 6.54 Å². The normalized spacial score (nSPS) is 37.5. The van der Waals surface area contributed by atoms with Crippen molar-refractivity contribution in [3.05, 3.63) is 0 Å². The van der Waals surface area contributed by atoms with E-state index in [1.54, 1.807) is 0 Å². The van der Waals surface area contributed by atoms with E-state index in [2.05, 4.69) is 4.90 Å². The Hall–Kier alpha value is -0.220. The van der Waals surface area contributed by atoms with E-state index in [9.17, 15) is 8.78 Å². The molecule has 2 aliphatic rings. The minimum atomic E-state index is -2.50. The Morgan fingerprint density at radius 1 is 1.36 bits per heavy atom. The van der Waals surface area contributed by atoms with Crippen LogP contribution in [0.25, 0.3) is 0 Å². The fourth-order valence-corrected chi connectivity index (χ4v) is 2.11. The van der Waals surface area contributed by atoms with Gasteiger partial charge in [-0.1, -0.05) is 0 Å². The quantitative estimate of drug-likeness (QED) is 0.646. The fourth-order valence-electron chi connectivity index (χ4n) is 2.11. The molecule has 0 aromatic rings. The highest BCUT2D eigenvalue weighted by atomic mass is 19.3. The van der Waals surface area contributed by atoms with E-state index in [-0.39, 0.29) is 13.0 Å². The lowest BCUT2D eigenvalue weighted by molar-refractivity contribution is 0.0179. The van der Waals surface area contributed by atoms with Crippen LogP contribution in [0, 0.1) is 5.41 Å². The maximum absolute atomic E-state index is 13.2. The van der Waals surface area contributed by atoms with Gasteiger partial charge < -0.3 is 4.74 Å². The zero-order chi connectivity index (χ0) is 10.4. The predicted molar refractivity (Wildman–Crippen MR) is 49.5 cm³/mol. The second-order valence-corrected chi connectivity index (χ2v) is 4.78. The second-order valence-electron chi connectivity index (χ2n) is 4.78. The Morgan fingerprint density at radius 2 is 2.00 bits per heavy atom. The van der Waals surface area contributed by atoms with Crippen LogP contribution in [0.15, 0.2) is 0 Å². The van der Waals surface area contributed by atoms with Crippen LogP contribution >= 0.6 is 0 Å². The molecule has 1 heterocycles. The SMILES string of the molecule is CC(C)N1CCOCC2(C1)CC2(F)F. The smallest absolute Gasteiger partial charge is 0.258 e. The zero-order valence-electron chi connectivity index (χ0n) is 8.72. The van der Waals surface area contributed by atoms with Crippen molar-refractivity contribution >= 4 is 0 Å². The summed E-state index contributed by atoms with van der Waals surface area (Å²) in [7, 11) is 0. The van der Waals surface area contributed by atoms with Gasteiger partial charge in [-0.2, -0.15) is 0 Å². The summed E-state index contributed by atoms with van der Waals surface area (Å²) in [4.78, 5) is 2.09. The maximum atomic E-state index is 13.2. The van der Waals surface area contributed by atoms with Crippen LogP contribution in [-0.2, 0) is 4.74 Å². The van der Waals surface area contributed by atoms with Crippen molar-refractivity contribution in [3.63, 3.8) is 0 Å². The molecule has 1 aliphatic heterocycles. The third kappa shape index (κ3) is 1.54. The standard InChI is InChI=1S/C10H17F2NO/c1-8(2)13-3-4-14-7-9(6-13)5-10(9,11)12/h8H,3-7H2,1-2H3. The highest BCUT2D eigenvalue weighted by Crippen LogP contribution is 2.61. The molecule has 4 heteroatoms. The van der Waals surface area contributed by atoms with Gasteiger partial charge in [0.1, 0.15) is 0 Å². The maximum Gasteiger partial charge on any atom is 0.258 e. The Bertz CT molecular complexity index is 232. The monoisotopic (exact) mass is 205 g/mol. The molecule has 0 aromatic heterocycles. The molecule has 2 rings (SSSR count). The van der Waals surface area contributed by atoms with E-state index >= 15 is 0 Å². The van der Waals surface area contributed by atoms with E-state index in [4.69, 9.17) is 4.74 Å². The molecule has 0 aromatic carbocycles. The molecule has 2 fully saturated rings.